The van der Waals surface area contributed by atoms with E-state index < -0.39 is 0 Å². The van der Waals surface area contributed by atoms with Crippen LogP contribution < -0.4 is 11.1 Å². The zero-order valence-corrected chi connectivity index (χ0v) is 13.0. The van der Waals surface area contributed by atoms with E-state index in [0.717, 1.165) is 34.3 Å². The van der Waals surface area contributed by atoms with E-state index in [9.17, 15) is 9.90 Å². The quantitative estimate of drug-likeness (QED) is 0.809. The molecule has 5 nitrogen and oxygen atoms in total. The summed E-state index contributed by atoms with van der Waals surface area (Å²) in [6.07, 6.45) is 1.34. The van der Waals surface area contributed by atoms with Gasteiger partial charge in [0.25, 0.3) is 5.91 Å². The maximum absolute atomic E-state index is 12.3. The minimum absolute atomic E-state index is 0.132. The van der Waals surface area contributed by atoms with Gasteiger partial charge < -0.3 is 16.2 Å². The number of amides is 1. The molecule has 2 aromatic rings. The number of nitrogens with zero attached hydrogens (tertiary/aromatic N) is 1. The zero-order chi connectivity index (χ0) is 15.1. The summed E-state index contributed by atoms with van der Waals surface area (Å²) < 4.78 is 1.00. The Labute approximate surface area is 127 Å². The van der Waals surface area contributed by atoms with Crippen molar-refractivity contribution in [2.45, 2.75) is 32.8 Å². The highest BCUT2D eigenvalue weighted by Crippen LogP contribution is 2.35. The van der Waals surface area contributed by atoms with Crippen LogP contribution in [-0.4, -0.2) is 28.6 Å². The van der Waals surface area contributed by atoms with Crippen molar-refractivity contribution >= 4 is 33.0 Å². The molecule has 1 aliphatic carbocycles. The monoisotopic (exact) mass is 305 g/mol. The van der Waals surface area contributed by atoms with Gasteiger partial charge in [-0.25, -0.2) is 0 Å². The van der Waals surface area contributed by atoms with Gasteiger partial charge in [-0.1, -0.05) is 0 Å². The van der Waals surface area contributed by atoms with E-state index in [4.69, 9.17) is 5.73 Å². The molecule has 0 saturated heterocycles. The Hall–Kier alpha value is -1.66. The summed E-state index contributed by atoms with van der Waals surface area (Å²) in [4.78, 5) is 17.3. The minimum Gasteiger partial charge on any atom is -0.397 e. The number of thiophene rings is 1. The molecule has 6 heteroatoms. The SMILES string of the molecule is Cc1cc2sc(C(=O)NCC3CC(O)C3)c(N)c2c(C)n1. The minimum atomic E-state index is -0.196. The molecule has 0 bridgehead atoms. The fourth-order valence-corrected chi connectivity index (χ4v) is 4.02. The van der Waals surface area contributed by atoms with Gasteiger partial charge in [0.2, 0.25) is 0 Å². The van der Waals surface area contributed by atoms with E-state index >= 15 is 0 Å². The summed E-state index contributed by atoms with van der Waals surface area (Å²) in [7, 11) is 0. The van der Waals surface area contributed by atoms with Gasteiger partial charge in [-0.3, -0.25) is 9.78 Å². The van der Waals surface area contributed by atoms with Crippen molar-refractivity contribution in [1.29, 1.82) is 0 Å². The Morgan fingerprint density at radius 1 is 1.52 bits per heavy atom. The third-order valence-electron chi connectivity index (χ3n) is 3.99. The van der Waals surface area contributed by atoms with Crippen molar-refractivity contribution in [2.75, 3.05) is 12.3 Å². The van der Waals surface area contributed by atoms with Crippen LogP contribution in [0.1, 0.15) is 33.9 Å². The van der Waals surface area contributed by atoms with Crippen LogP contribution >= 0.6 is 11.3 Å². The number of anilines is 1. The molecule has 2 aromatic heterocycles. The Morgan fingerprint density at radius 2 is 2.24 bits per heavy atom. The Balaban J connectivity index is 1.81. The largest absolute Gasteiger partial charge is 0.397 e. The van der Waals surface area contributed by atoms with E-state index in [1.807, 2.05) is 19.9 Å². The number of carbonyl (C=O) groups excluding carboxylic acids is 1. The summed E-state index contributed by atoms with van der Waals surface area (Å²) >= 11 is 1.41. The number of nitrogens with two attached hydrogens (primary N) is 1. The average molecular weight is 305 g/mol. The number of aliphatic hydroxyl groups is 1. The van der Waals surface area contributed by atoms with Crippen LogP contribution in [0.5, 0.6) is 0 Å². The molecule has 0 spiro atoms. The molecule has 3 rings (SSSR count). The predicted molar refractivity (Wildman–Crippen MR) is 84.6 cm³/mol. The van der Waals surface area contributed by atoms with Crippen molar-refractivity contribution < 1.29 is 9.90 Å². The number of hydrogen-bond acceptors (Lipinski definition) is 5. The van der Waals surface area contributed by atoms with Gasteiger partial charge >= 0.3 is 0 Å². The predicted octanol–water partition coefficient (Wildman–Crippen LogP) is 2.00. The van der Waals surface area contributed by atoms with Crippen molar-refractivity contribution in [3.8, 4) is 0 Å². The number of aromatic nitrogens is 1. The Bertz CT molecular complexity index is 704. The third-order valence-corrected chi connectivity index (χ3v) is 5.14. The molecule has 1 saturated carbocycles. The lowest BCUT2D eigenvalue weighted by atomic mass is 9.82. The Kier molecular flexibility index (Phi) is 3.59. The van der Waals surface area contributed by atoms with Crippen molar-refractivity contribution in [2.24, 2.45) is 5.92 Å². The summed E-state index contributed by atoms with van der Waals surface area (Å²) in [6, 6.07) is 1.96. The molecule has 0 radical (unpaired) electrons. The molecule has 0 aliphatic heterocycles. The molecular formula is C15H19N3O2S. The number of pyridine rings is 1. The molecule has 1 aliphatic rings. The second kappa shape index (κ2) is 5.27. The number of aryl methyl sites for hydroxylation is 2. The second-order valence-corrected chi connectivity index (χ2v) is 6.82. The van der Waals surface area contributed by atoms with Crippen molar-refractivity contribution in [1.82, 2.24) is 10.3 Å². The molecule has 4 N–H and O–H groups in total. The normalized spacial score (nSPS) is 21.3. The highest BCUT2D eigenvalue weighted by molar-refractivity contribution is 7.21. The molecule has 0 unspecified atom stereocenters. The van der Waals surface area contributed by atoms with Gasteiger partial charge in [-0.05, 0) is 38.7 Å². The van der Waals surface area contributed by atoms with E-state index in [1.165, 1.54) is 11.3 Å². The van der Waals surface area contributed by atoms with E-state index in [1.54, 1.807) is 0 Å². The number of aliphatic hydroxyl groups excluding tert-OH is 1. The van der Waals surface area contributed by atoms with Gasteiger partial charge in [0.15, 0.2) is 0 Å². The molecule has 1 amide bonds. The molecule has 0 atom stereocenters. The summed E-state index contributed by atoms with van der Waals surface area (Å²) in [5.41, 5.74) is 8.44. The van der Waals surface area contributed by atoms with Crippen molar-refractivity contribution in [3.63, 3.8) is 0 Å². The molecule has 2 heterocycles. The lowest BCUT2D eigenvalue weighted by Crippen LogP contribution is -2.38. The van der Waals surface area contributed by atoms with Crippen LogP contribution in [0.15, 0.2) is 6.07 Å². The maximum atomic E-state index is 12.3. The highest BCUT2D eigenvalue weighted by atomic mass is 32.1. The van der Waals surface area contributed by atoms with Gasteiger partial charge in [-0.2, -0.15) is 0 Å². The number of hydrogen-bond donors (Lipinski definition) is 3. The molecule has 1 fully saturated rings. The second-order valence-electron chi connectivity index (χ2n) is 5.77. The van der Waals surface area contributed by atoms with Crippen LogP contribution in [0.25, 0.3) is 10.1 Å². The number of carbonyl (C=O) groups is 1. The third kappa shape index (κ3) is 2.61. The lowest BCUT2D eigenvalue weighted by Gasteiger charge is -2.31. The average Bonchev–Trinajstić information content (AvgIpc) is 2.70. The summed E-state index contributed by atoms with van der Waals surface area (Å²) in [5, 5.41) is 13.1. The van der Waals surface area contributed by atoms with Gasteiger partial charge in [0.1, 0.15) is 4.88 Å². The topological polar surface area (TPSA) is 88.2 Å². The smallest absolute Gasteiger partial charge is 0.263 e. The highest BCUT2D eigenvalue weighted by Gasteiger charge is 2.28. The fraction of sp³-hybridized carbons (Fsp3) is 0.467. The lowest BCUT2D eigenvalue weighted by molar-refractivity contribution is 0.0420. The first-order valence-electron chi connectivity index (χ1n) is 7.08. The van der Waals surface area contributed by atoms with Crippen LogP contribution in [-0.2, 0) is 0 Å². The first-order chi connectivity index (χ1) is 9.95. The fourth-order valence-electron chi connectivity index (χ4n) is 2.83. The van der Waals surface area contributed by atoms with Crippen LogP contribution in [0.2, 0.25) is 0 Å². The molecule has 0 aromatic carbocycles. The van der Waals surface area contributed by atoms with Crippen LogP contribution in [0, 0.1) is 19.8 Å². The standard InChI is InChI=1S/C15H19N3O2S/c1-7-3-11-12(8(2)18-7)13(16)14(21-11)15(20)17-6-9-4-10(19)5-9/h3,9-10,19H,4-6,16H2,1-2H3,(H,17,20). The molecule has 21 heavy (non-hydrogen) atoms. The van der Waals surface area contributed by atoms with Gasteiger partial charge in [0.05, 0.1) is 11.8 Å². The zero-order valence-electron chi connectivity index (χ0n) is 12.1. The van der Waals surface area contributed by atoms with E-state index in [2.05, 4.69) is 10.3 Å². The maximum Gasteiger partial charge on any atom is 0.263 e. The number of nitrogen functional groups attached to an aromatic ring is 1. The van der Waals surface area contributed by atoms with Gasteiger partial charge in [0, 0.05) is 28.0 Å². The first kappa shape index (κ1) is 14.3. The molecule has 112 valence electrons. The van der Waals surface area contributed by atoms with Gasteiger partial charge in [-0.15, -0.1) is 11.3 Å². The summed E-state index contributed by atoms with van der Waals surface area (Å²) in [6.45, 7) is 4.44. The number of fused-ring (bicyclic) bond motifs is 1. The molecular weight excluding hydrogens is 286 g/mol. The first-order valence-corrected chi connectivity index (χ1v) is 7.90. The Morgan fingerprint density at radius 3 is 2.90 bits per heavy atom. The van der Waals surface area contributed by atoms with E-state index in [-0.39, 0.29) is 12.0 Å². The number of nitrogens with one attached hydrogen (secondary N) is 1. The van der Waals surface area contributed by atoms with Crippen LogP contribution in [0.4, 0.5) is 5.69 Å². The van der Waals surface area contributed by atoms with Crippen LogP contribution in [0.3, 0.4) is 0 Å². The van der Waals surface area contributed by atoms with Crippen molar-refractivity contribution in [3.05, 3.63) is 22.3 Å². The summed E-state index contributed by atoms with van der Waals surface area (Å²) in [5.74, 6) is 0.248. The van der Waals surface area contributed by atoms with E-state index in [0.29, 0.717) is 23.0 Å². The number of rotatable bonds is 3.